The Labute approximate surface area is 186 Å². The molecule has 29 heavy (non-hydrogen) atoms. The van der Waals surface area contributed by atoms with Crippen LogP contribution in [0.5, 0.6) is 5.75 Å². The van der Waals surface area contributed by atoms with E-state index in [1.165, 1.54) is 54.5 Å². The van der Waals surface area contributed by atoms with Gasteiger partial charge in [0.05, 0.1) is 10.1 Å². The van der Waals surface area contributed by atoms with Crippen molar-refractivity contribution < 1.29 is 9.53 Å². The van der Waals surface area contributed by atoms with Crippen molar-refractivity contribution in [2.45, 2.75) is 32.4 Å². The van der Waals surface area contributed by atoms with E-state index < -0.39 is 0 Å². The standard InChI is InChI=1S/C24H27IN2O2/c1-26-22-11-4-3-10-20(22)21(16-27-12-5-2-6-13-27)23(26)17-29-19-9-7-8-18(14-19)24(28)15-25/h3-4,7-11,14H,2,5-6,12-13,15-17H2,1H3. The number of benzene rings is 2. The lowest BCUT2D eigenvalue weighted by Crippen LogP contribution is -2.29. The maximum atomic E-state index is 12.0. The van der Waals surface area contributed by atoms with Crippen LogP contribution in [-0.2, 0) is 20.2 Å². The van der Waals surface area contributed by atoms with Crippen molar-refractivity contribution in [3.8, 4) is 5.75 Å². The molecule has 4 rings (SSSR count). The molecule has 2 heterocycles. The van der Waals surface area contributed by atoms with Gasteiger partial charge in [-0.3, -0.25) is 9.69 Å². The molecular weight excluding hydrogens is 475 g/mol. The molecule has 0 atom stereocenters. The number of halogens is 1. The number of ketones is 1. The fourth-order valence-electron chi connectivity index (χ4n) is 4.21. The van der Waals surface area contributed by atoms with E-state index in [9.17, 15) is 4.79 Å². The second-order valence-electron chi connectivity index (χ2n) is 7.71. The lowest BCUT2D eigenvalue weighted by Gasteiger charge is -2.26. The SMILES string of the molecule is Cn1c(COc2cccc(C(=O)CI)c2)c(CN2CCCCC2)c2ccccc21. The second kappa shape index (κ2) is 9.30. The van der Waals surface area contributed by atoms with Crippen LogP contribution in [0.3, 0.4) is 0 Å². The molecule has 0 aliphatic carbocycles. The highest BCUT2D eigenvalue weighted by Crippen LogP contribution is 2.29. The number of ether oxygens (including phenoxy) is 1. The summed E-state index contributed by atoms with van der Waals surface area (Å²) in [6, 6.07) is 16.1. The smallest absolute Gasteiger partial charge is 0.172 e. The number of Topliss-reactive ketones (excluding diaryl/α,β-unsaturated/α-hetero) is 1. The van der Waals surface area contributed by atoms with Crippen molar-refractivity contribution in [1.82, 2.24) is 9.47 Å². The van der Waals surface area contributed by atoms with Gasteiger partial charge in [0.25, 0.3) is 0 Å². The van der Waals surface area contributed by atoms with Gasteiger partial charge in [-0.25, -0.2) is 0 Å². The molecule has 1 aromatic heterocycles. The van der Waals surface area contributed by atoms with Gasteiger partial charge in [-0.15, -0.1) is 0 Å². The van der Waals surface area contributed by atoms with Crippen LogP contribution in [0.25, 0.3) is 10.9 Å². The first kappa shape index (κ1) is 20.4. The number of aromatic nitrogens is 1. The van der Waals surface area contributed by atoms with Crippen molar-refractivity contribution in [2.75, 3.05) is 17.5 Å². The average Bonchev–Trinajstić information content (AvgIpc) is 3.04. The van der Waals surface area contributed by atoms with Crippen LogP contribution in [0.1, 0.15) is 40.9 Å². The van der Waals surface area contributed by atoms with Crippen LogP contribution < -0.4 is 4.74 Å². The van der Waals surface area contributed by atoms with Crippen LogP contribution in [0.4, 0.5) is 0 Å². The van der Waals surface area contributed by atoms with Crippen molar-refractivity contribution in [2.24, 2.45) is 7.05 Å². The third-order valence-electron chi connectivity index (χ3n) is 5.83. The number of carbonyl (C=O) groups is 1. The van der Waals surface area contributed by atoms with Gasteiger partial charge in [0.2, 0.25) is 0 Å². The van der Waals surface area contributed by atoms with E-state index in [4.69, 9.17) is 4.74 Å². The molecule has 3 aromatic rings. The van der Waals surface area contributed by atoms with E-state index in [2.05, 4.69) is 63.4 Å². The molecule has 0 bridgehead atoms. The Hall–Kier alpha value is -1.86. The van der Waals surface area contributed by atoms with Gasteiger partial charge >= 0.3 is 0 Å². The second-order valence-corrected chi connectivity index (χ2v) is 8.47. The van der Waals surface area contributed by atoms with Gasteiger partial charge in [-0.1, -0.05) is 59.3 Å². The zero-order chi connectivity index (χ0) is 20.2. The molecule has 0 radical (unpaired) electrons. The summed E-state index contributed by atoms with van der Waals surface area (Å²) in [6.07, 6.45) is 3.91. The molecule has 0 spiro atoms. The van der Waals surface area contributed by atoms with Crippen molar-refractivity contribution in [3.63, 3.8) is 0 Å². The third kappa shape index (κ3) is 4.51. The number of para-hydroxylation sites is 1. The lowest BCUT2D eigenvalue weighted by molar-refractivity contribution is 0.102. The minimum Gasteiger partial charge on any atom is -0.487 e. The Bertz CT molecular complexity index is 1010. The lowest BCUT2D eigenvalue weighted by atomic mass is 10.1. The largest absolute Gasteiger partial charge is 0.487 e. The van der Waals surface area contributed by atoms with Gasteiger partial charge in [-0.05, 0) is 49.7 Å². The van der Waals surface area contributed by atoms with Crippen LogP contribution in [0, 0.1) is 0 Å². The van der Waals surface area contributed by atoms with E-state index in [1.807, 2.05) is 24.3 Å². The van der Waals surface area contributed by atoms with E-state index in [0.717, 1.165) is 12.3 Å². The molecule has 152 valence electrons. The molecule has 0 saturated carbocycles. The highest BCUT2D eigenvalue weighted by Gasteiger charge is 2.19. The van der Waals surface area contributed by atoms with Crippen molar-refractivity contribution in [3.05, 3.63) is 65.4 Å². The monoisotopic (exact) mass is 502 g/mol. The summed E-state index contributed by atoms with van der Waals surface area (Å²) < 4.78 is 8.91. The molecule has 1 saturated heterocycles. The first-order valence-corrected chi connectivity index (χ1v) is 11.8. The number of fused-ring (bicyclic) bond motifs is 1. The minimum atomic E-state index is 0.131. The fraction of sp³-hybridized carbons (Fsp3) is 0.375. The summed E-state index contributed by atoms with van der Waals surface area (Å²) in [5.74, 6) is 0.876. The number of hydrogen-bond acceptors (Lipinski definition) is 3. The molecule has 1 fully saturated rings. The van der Waals surface area contributed by atoms with E-state index in [1.54, 1.807) is 0 Å². The molecule has 2 aromatic carbocycles. The van der Waals surface area contributed by atoms with Crippen LogP contribution in [0.15, 0.2) is 48.5 Å². The quantitative estimate of drug-likeness (QED) is 0.248. The predicted octanol–water partition coefficient (Wildman–Crippen LogP) is 5.36. The Balaban J connectivity index is 1.61. The maximum absolute atomic E-state index is 12.0. The maximum Gasteiger partial charge on any atom is 0.172 e. The summed E-state index contributed by atoms with van der Waals surface area (Å²) in [5, 5.41) is 1.31. The Kier molecular flexibility index (Phi) is 6.55. The average molecular weight is 502 g/mol. The number of carbonyl (C=O) groups excluding carboxylic acids is 1. The van der Waals surface area contributed by atoms with Gasteiger partial charge < -0.3 is 9.30 Å². The van der Waals surface area contributed by atoms with E-state index >= 15 is 0 Å². The normalized spacial score (nSPS) is 15.0. The molecule has 4 nitrogen and oxygen atoms in total. The molecule has 1 aliphatic rings. The van der Waals surface area contributed by atoms with Gasteiger partial charge in [0, 0.05) is 30.1 Å². The Morgan fingerprint density at radius 2 is 1.86 bits per heavy atom. The van der Waals surface area contributed by atoms with E-state index in [-0.39, 0.29) is 5.78 Å². The molecule has 0 unspecified atom stereocenters. The molecule has 0 amide bonds. The minimum absolute atomic E-state index is 0.131. The zero-order valence-corrected chi connectivity index (χ0v) is 19.0. The number of hydrogen-bond donors (Lipinski definition) is 0. The van der Waals surface area contributed by atoms with Gasteiger partial charge in [0.15, 0.2) is 5.78 Å². The van der Waals surface area contributed by atoms with Crippen LogP contribution >= 0.6 is 22.6 Å². The first-order valence-electron chi connectivity index (χ1n) is 10.3. The topological polar surface area (TPSA) is 34.5 Å². The summed E-state index contributed by atoms with van der Waals surface area (Å²) >= 11 is 2.10. The summed E-state index contributed by atoms with van der Waals surface area (Å²) in [7, 11) is 2.12. The number of likely N-dealkylation sites (tertiary alicyclic amines) is 1. The van der Waals surface area contributed by atoms with Crippen LogP contribution in [-0.4, -0.2) is 32.8 Å². The number of piperidine rings is 1. The first-order chi connectivity index (χ1) is 14.2. The van der Waals surface area contributed by atoms with Crippen molar-refractivity contribution in [1.29, 1.82) is 0 Å². The molecule has 1 aliphatic heterocycles. The molecule has 0 N–H and O–H groups in total. The highest BCUT2D eigenvalue weighted by molar-refractivity contribution is 14.1. The van der Waals surface area contributed by atoms with Crippen LogP contribution in [0.2, 0.25) is 0 Å². The fourth-order valence-corrected chi connectivity index (χ4v) is 4.65. The predicted molar refractivity (Wildman–Crippen MR) is 126 cm³/mol. The third-order valence-corrected chi connectivity index (χ3v) is 6.52. The Morgan fingerprint density at radius 3 is 2.66 bits per heavy atom. The number of aryl methyl sites for hydroxylation is 1. The number of rotatable bonds is 7. The highest BCUT2D eigenvalue weighted by atomic mass is 127. The number of nitrogens with zero attached hydrogens (tertiary/aromatic N) is 2. The van der Waals surface area contributed by atoms with E-state index in [0.29, 0.717) is 16.6 Å². The summed E-state index contributed by atoms with van der Waals surface area (Å²) in [5.41, 5.74) is 4.53. The summed E-state index contributed by atoms with van der Waals surface area (Å²) in [4.78, 5) is 14.6. The Morgan fingerprint density at radius 1 is 1.07 bits per heavy atom. The summed E-state index contributed by atoms with van der Waals surface area (Å²) in [6.45, 7) is 3.80. The van der Waals surface area contributed by atoms with Gasteiger partial charge in [0.1, 0.15) is 12.4 Å². The molecular formula is C24H27IN2O2. The van der Waals surface area contributed by atoms with Gasteiger partial charge in [-0.2, -0.15) is 0 Å². The van der Waals surface area contributed by atoms with Crippen molar-refractivity contribution >= 4 is 39.3 Å². The molecule has 5 heteroatoms. The number of alkyl halides is 1. The zero-order valence-electron chi connectivity index (χ0n) is 16.9.